The first-order valence-electron chi connectivity index (χ1n) is 7.84. The number of carboxylic acid groups (broad SMARTS) is 1. The van der Waals surface area contributed by atoms with E-state index in [2.05, 4.69) is 17.6 Å². The molecular formula is C15H26N2O3. The van der Waals surface area contributed by atoms with Gasteiger partial charge in [0.1, 0.15) is 5.54 Å². The second-order valence-corrected chi connectivity index (χ2v) is 6.50. The lowest BCUT2D eigenvalue weighted by molar-refractivity contribution is -0.144. The van der Waals surface area contributed by atoms with Gasteiger partial charge in [-0.2, -0.15) is 0 Å². The number of carbonyl (C=O) groups is 2. The topological polar surface area (TPSA) is 78.4 Å². The van der Waals surface area contributed by atoms with Crippen LogP contribution in [0.15, 0.2) is 0 Å². The molecule has 0 spiro atoms. The molecule has 0 aromatic rings. The van der Waals surface area contributed by atoms with Gasteiger partial charge in [0, 0.05) is 6.04 Å². The van der Waals surface area contributed by atoms with Crippen molar-refractivity contribution in [2.24, 2.45) is 5.92 Å². The van der Waals surface area contributed by atoms with Crippen molar-refractivity contribution >= 4 is 12.0 Å². The smallest absolute Gasteiger partial charge is 0.329 e. The third-order valence-electron chi connectivity index (χ3n) is 4.81. The fourth-order valence-electron chi connectivity index (χ4n) is 3.44. The van der Waals surface area contributed by atoms with Crippen molar-refractivity contribution in [1.82, 2.24) is 10.6 Å². The minimum atomic E-state index is -1.04. The highest BCUT2D eigenvalue weighted by Gasteiger charge is 2.42. The third-order valence-corrected chi connectivity index (χ3v) is 4.81. The molecule has 2 rings (SSSR count). The van der Waals surface area contributed by atoms with Gasteiger partial charge < -0.3 is 15.7 Å². The Morgan fingerprint density at radius 1 is 1.05 bits per heavy atom. The average molecular weight is 282 g/mol. The molecule has 2 aliphatic rings. The molecule has 3 N–H and O–H groups in total. The summed E-state index contributed by atoms with van der Waals surface area (Å²) in [7, 11) is 0. The zero-order valence-electron chi connectivity index (χ0n) is 12.3. The molecular weight excluding hydrogens is 256 g/mol. The Bertz CT molecular complexity index is 364. The van der Waals surface area contributed by atoms with E-state index in [0.717, 1.165) is 44.4 Å². The quantitative estimate of drug-likeness (QED) is 0.696. The molecule has 0 aromatic carbocycles. The molecule has 2 unspecified atom stereocenters. The van der Waals surface area contributed by atoms with Crippen LogP contribution in [-0.2, 0) is 4.79 Å². The van der Waals surface area contributed by atoms with E-state index in [-0.39, 0.29) is 12.1 Å². The van der Waals surface area contributed by atoms with Gasteiger partial charge in [0.05, 0.1) is 0 Å². The van der Waals surface area contributed by atoms with Crippen LogP contribution in [0.4, 0.5) is 4.79 Å². The van der Waals surface area contributed by atoms with Crippen LogP contribution >= 0.6 is 0 Å². The van der Waals surface area contributed by atoms with E-state index in [1.54, 1.807) is 0 Å². The first-order chi connectivity index (χ1) is 9.52. The van der Waals surface area contributed by atoms with Crippen LogP contribution in [-0.4, -0.2) is 28.7 Å². The maximum atomic E-state index is 12.1. The molecule has 114 valence electrons. The van der Waals surface area contributed by atoms with Gasteiger partial charge in [0.2, 0.25) is 0 Å². The summed E-state index contributed by atoms with van der Waals surface area (Å²) in [5.74, 6) is -0.176. The molecule has 20 heavy (non-hydrogen) atoms. The van der Waals surface area contributed by atoms with Crippen LogP contribution in [0.2, 0.25) is 0 Å². The van der Waals surface area contributed by atoms with Gasteiger partial charge in [-0.1, -0.05) is 32.6 Å². The van der Waals surface area contributed by atoms with E-state index in [1.165, 1.54) is 6.42 Å². The molecule has 0 bridgehead atoms. The zero-order valence-corrected chi connectivity index (χ0v) is 12.3. The Kier molecular flexibility index (Phi) is 4.89. The highest BCUT2D eigenvalue weighted by molar-refractivity contribution is 5.86. The minimum Gasteiger partial charge on any atom is -0.480 e. The van der Waals surface area contributed by atoms with Crippen LogP contribution in [0.1, 0.15) is 64.7 Å². The van der Waals surface area contributed by atoms with Crippen molar-refractivity contribution in [3.63, 3.8) is 0 Å². The van der Waals surface area contributed by atoms with Crippen LogP contribution in [0.3, 0.4) is 0 Å². The van der Waals surface area contributed by atoms with Gasteiger partial charge in [-0.05, 0) is 38.0 Å². The lowest BCUT2D eigenvalue weighted by Crippen LogP contribution is -2.56. The Hall–Kier alpha value is -1.26. The Balaban J connectivity index is 1.86. The number of carbonyl (C=O) groups excluding carboxylic acids is 1. The molecule has 5 heteroatoms. The Morgan fingerprint density at radius 2 is 1.75 bits per heavy atom. The molecule has 0 heterocycles. The van der Waals surface area contributed by atoms with E-state index in [9.17, 15) is 14.7 Å². The molecule has 2 amide bonds. The van der Waals surface area contributed by atoms with Crippen molar-refractivity contribution in [1.29, 1.82) is 0 Å². The largest absolute Gasteiger partial charge is 0.480 e. The number of hydrogen-bond acceptors (Lipinski definition) is 2. The van der Waals surface area contributed by atoms with E-state index in [0.29, 0.717) is 12.8 Å². The van der Waals surface area contributed by atoms with Gasteiger partial charge in [-0.25, -0.2) is 9.59 Å². The number of amides is 2. The highest BCUT2D eigenvalue weighted by Crippen LogP contribution is 2.30. The van der Waals surface area contributed by atoms with E-state index in [4.69, 9.17) is 0 Å². The lowest BCUT2D eigenvalue weighted by atomic mass is 9.98. The van der Waals surface area contributed by atoms with E-state index in [1.807, 2.05) is 0 Å². The summed E-state index contributed by atoms with van der Waals surface area (Å²) < 4.78 is 0. The number of urea groups is 1. The Labute approximate surface area is 120 Å². The molecule has 5 nitrogen and oxygen atoms in total. The van der Waals surface area contributed by atoms with Crippen molar-refractivity contribution in [2.45, 2.75) is 76.3 Å². The van der Waals surface area contributed by atoms with Gasteiger partial charge in [-0.3, -0.25) is 0 Å². The predicted molar refractivity (Wildman–Crippen MR) is 76.5 cm³/mol. The minimum absolute atomic E-state index is 0.187. The van der Waals surface area contributed by atoms with Crippen LogP contribution < -0.4 is 10.6 Å². The second-order valence-electron chi connectivity index (χ2n) is 6.50. The summed E-state index contributed by atoms with van der Waals surface area (Å²) in [6.45, 7) is 2.25. The number of hydrogen-bond donors (Lipinski definition) is 3. The van der Waals surface area contributed by atoms with Crippen LogP contribution in [0, 0.1) is 5.92 Å². The molecule has 0 aliphatic heterocycles. The maximum Gasteiger partial charge on any atom is 0.329 e. The molecule has 2 fully saturated rings. The maximum absolute atomic E-state index is 12.1. The number of aliphatic carboxylic acids is 1. The first-order valence-corrected chi connectivity index (χ1v) is 7.84. The lowest BCUT2D eigenvalue weighted by Gasteiger charge is -2.27. The first kappa shape index (κ1) is 15.1. The van der Waals surface area contributed by atoms with Crippen molar-refractivity contribution in [2.75, 3.05) is 0 Å². The summed E-state index contributed by atoms with van der Waals surface area (Å²) in [4.78, 5) is 23.5. The summed E-state index contributed by atoms with van der Waals surface area (Å²) in [6, 6.07) is -0.124. The van der Waals surface area contributed by atoms with E-state index < -0.39 is 11.5 Å². The van der Waals surface area contributed by atoms with Gasteiger partial charge in [-0.15, -0.1) is 0 Å². The molecule has 0 radical (unpaired) electrons. The monoisotopic (exact) mass is 282 g/mol. The molecule has 2 saturated carbocycles. The standard InChI is InChI=1S/C15H26N2O3/c1-11-5-4-6-12(8-7-11)16-14(20)17-15(13(18)19)9-2-3-10-15/h11-12H,2-10H2,1H3,(H,18,19)(H2,16,17,20). The summed E-state index contributed by atoms with van der Waals surface area (Å²) >= 11 is 0. The second kappa shape index (κ2) is 6.46. The predicted octanol–water partition coefficient (Wildman–Crippen LogP) is 2.65. The molecule has 0 aromatic heterocycles. The summed E-state index contributed by atoms with van der Waals surface area (Å²) in [6.07, 6.45) is 8.30. The van der Waals surface area contributed by atoms with Crippen LogP contribution in [0.25, 0.3) is 0 Å². The third kappa shape index (κ3) is 3.64. The summed E-state index contributed by atoms with van der Waals surface area (Å²) in [5.41, 5.74) is -1.04. The fraction of sp³-hybridized carbons (Fsp3) is 0.867. The van der Waals surface area contributed by atoms with E-state index >= 15 is 0 Å². The number of carboxylic acids is 1. The Morgan fingerprint density at radius 3 is 2.40 bits per heavy atom. The van der Waals surface area contributed by atoms with Crippen molar-refractivity contribution in [3.05, 3.63) is 0 Å². The van der Waals surface area contributed by atoms with Crippen molar-refractivity contribution in [3.8, 4) is 0 Å². The van der Waals surface area contributed by atoms with Crippen LogP contribution in [0.5, 0.6) is 0 Å². The molecule has 2 atom stereocenters. The van der Waals surface area contributed by atoms with Gasteiger partial charge in [0.15, 0.2) is 0 Å². The molecule has 0 saturated heterocycles. The van der Waals surface area contributed by atoms with Crippen molar-refractivity contribution < 1.29 is 14.7 Å². The zero-order chi connectivity index (χ0) is 14.6. The number of nitrogens with one attached hydrogen (secondary N) is 2. The van der Waals surface area contributed by atoms with Gasteiger partial charge >= 0.3 is 12.0 Å². The normalized spacial score (nSPS) is 29.4. The highest BCUT2D eigenvalue weighted by atomic mass is 16.4. The average Bonchev–Trinajstić information content (AvgIpc) is 2.76. The summed E-state index contributed by atoms with van der Waals surface area (Å²) in [5, 5.41) is 15.0. The number of rotatable bonds is 3. The van der Waals surface area contributed by atoms with Gasteiger partial charge in [0.25, 0.3) is 0 Å². The fourth-order valence-corrected chi connectivity index (χ4v) is 3.44. The SMILES string of the molecule is CC1CCCC(NC(=O)NC2(C(=O)O)CCCC2)CC1. The molecule has 2 aliphatic carbocycles.